The van der Waals surface area contributed by atoms with Crippen molar-refractivity contribution in [3.8, 4) is 0 Å². The molecule has 0 heterocycles. The predicted molar refractivity (Wildman–Crippen MR) is 64.4 cm³/mol. The molecule has 0 radical (unpaired) electrons. The van der Waals surface area contributed by atoms with E-state index in [9.17, 15) is 14.0 Å². The minimum atomic E-state index is -0.800. The fourth-order valence-corrected chi connectivity index (χ4v) is 1.77. The Balaban J connectivity index is 3.36. The highest BCUT2D eigenvalue weighted by Crippen LogP contribution is 2.30. The van der Waals surface area contributed by atoms with E-state index in [1.54, 1.807) is 0 Å². The van der Waals surface area contributed by atoms with E-state index in [1.807, 2.05) is 0 Å². The van der Waals surface area contributed by atoms with Crippen LogP contribution in [0.25, 0.3) is 0 Å². The lowest BCUT2D eigenvalue weighted by molar-refractivity contribution is -0.139. The number of thiol groups is 1. The molecule has 92 valence electrons. The lowest BCUT2D eigenvalue weighted by Gasteiger charge is -2.10. The van der Waals surface area contributed by atoms with Gasteiger partial charge in [0.1, 0.15) is 5.82 Å². The fourth-order valence-electron chi connectivity index (χ4n) is 1.30. The van der Waals surface area contributed by atoms with Crippen LogP contribution in [0.2, 0.25) is 5.02 Å². The Morgan fingerprint density at radius 1 is 1.53 bits per heavy atom. The van der Waals surface area contributed by atoms with Crippen molar-refractivity contribution in [2.45, 2.75) is 18.2 Å². The van der Waals surface area contributed by atoms with Gasteiger partial charge in [-0.25, -0.2) is 4.39 Å². The van der Waals surface area contributed by atoms with Crippen molar-refractivity contribution in [1.29, 1.82) is 0 Å². The molecule has 0 spiro atoms. The third kappa shape index (κ3) is 2.98. The van der Waals surface area contributed by atoms with Crippen LogP contribution < -0.4 is 0 Å². The molecule has 6 heteroatoms. The first kappa shape index (κ1) is 14.0. The van der Waals surface area contributed by atoms with Gasteiger partial charge >= 0.3 is 5.97 Å². The van der Waals surface area contributed by atoms with Gasteiger partial charge in [0.15, 0.2) is 5.78 Å². The van der Waals surface area contributed by atoms with E-state index < -0.39 is 17.6 Å². The van der Waals surface area contributed by atoms with Crippen LogP contribution in [0.4, 0.5) is 4.39 Å². The van der Waals surface area contributed by atoms with Gasteiger partial charge in [0.2, 0.25) is 0 Å². The number of benzene rings is 1. The molecule has 0 unspecified atom stereocenters. The first-order valence-corrected chi connectivity index (χ1v) is 5.48. The van der Waals surface area contributed by atoms with E-state index in [0.29, 0.717) is 0 Å². The molecule has 0 N–H and O–H groups in total. The zero-order valence-corrected chi connectivity index (χ0v) is 10.9. The van der Waals surface area contributed by atoms with Crippen molar-refractivity contribution in [2.75, 3.05) is 7.11 Å². The lowest BCUT2D eigenvalue weighted by atomic mass is 10.0. The standard InChI is InChI=1S/C11H10ClFO3S/c1-5(14)6-3-8(17)10(12)7(11(6)13)4-9(15)16-2/h3,17H,4H2,1-2H3. The molecule has 0 aliphatic rings. The van der Waals surface area contributed by atoms with E-state index in [-0.39, 0.29) is 27.5 Å². The average Bonchev–Trinajstić information content (AvgIpc) is 2.28. The van der Waals surface area contributed by atoms with Crippen LogP contribution in [-0.2, 0) is 16.0 Å². The Kier molecular flexibility index (Phi) is 4.54. The molecule has 0 amide bonds. The van der Waals surface area contributed by atoms with Gasteiger partial charge in [0, 0.05) is 10.5 Å². The summed E-state index contributed by atoms with van der Waals surface area (Å²) in [5.74, 6) is -1.90. The van der Waals surface area contributed by atoms with Crippen LogP contribution >= 0.6 is 24.2 Å². The van der Waals surface area contributed by atoms with E-state index in [0.717, 1.165) is 0 Å². The molecule has 3 nitrogen and oxygen atoms in total. The van der Waals surface area contributed by atoms with E-state index in [1.165, 1.54) is 20.1 Å². The van der Waals surface area contributed by atoms with Crippen molar-refractivity contribution in [2.24, 2.45) is 0 Å². The minimum Gasteiger partial charge on any atom is -0.469 e. The topological polar surface area (TPSA) is 43.4 Å². The lowest BCUT2D eigenvalue weighted by Crippen LogP contribution is -2.10. The maximum Gasteiger partial charge on any atom is 0.310 e. The van der Waals surface area contributed by atoms with Crippen molar-refractivity contribution in [1.82, 2.24) is 0 Å². The third-order valence-electron chi connectivity index (χ3n) is 2.20. The van der Waals surface area contributed by atoms with Gasteiger partial charge in [-0.15, -0.1) is 12.6 Å². The highest BCUT2D eigenvalue weighted by atomic mass is 35.5. The molecule has 0 atom stereocenters. The second-order valence-electron chi connectivity index (χ2n) is 3.36. The normalized spacial score (nSPS) is 10.2. The van der Waals surface area contributed by atoms with Crippen LogP contribution in [0.5, 0.6) is 0 Å². The number of halogens is 2. The number of rotatable bonds is 3. The molecule has 0 fully saturated rings. The number of ether oxygens (including phenoxy) is 1. The Labute approximate surface area is 108 Å². The van der Waals surface area contributed by atoms with Crippen molar-refractivity contribution in [3.05, 3.63) is 28.0 Å². The Morgan fingerprint density at radius 3 is 2.59 bits per heavy atom. The van der Waals surface area contributed by atoms with Gasteiger partial charge in [-0.2, -0.15) is 0 Å². The number of Topliss-reactive ketones (excluding diaryl/α,β-unsaturated/α-hetero) is 1. The number of carbonyl (C=O) groups excluding carboxylic acids is 2. The zero-order chi connectivity index (χ0) is 13.2. The van der Waals surface area contributed by atoms with E-state index >= 15 is 0 Å². The van der Waals surface area contributed by atoms with Crippen molar-refractivity contribution < 1.29 is 18.7 Å². The molecular weight excluding hydrogens is 267 g/mol. The minimum absolute atomic E-state index is 0.0150. The molecule has 0 saturated heterocycles. The molecule has 1 aromatic carbocycles. The molecule has 0 aliphatic carbocycles. The molecule has 0 bridgehead atoms. The summed E-state index contributed by atoms with van der Waals surface area (Å²) in [4.78, 5) is 22.6. The van der Waals surface area contributed by atoms with Crippen LogP contribution in [0, 0.1) is 5.82 Å². The van der Waals surface area contributed by atoms with Gasteiger partial charge < -0.3 is 4.74 Å². The summed E-state index contributed by atoms with van der Waals surface area (Å²) in [5.41, 5.74) is -0.213. The maximum atomic E-state index is 13.9. The summed E-state index contributed by atoms with van der Waals surface area (Å²) in [6.07, 6.45) is -0.337. The number of carbonyl (C=O) groups is 2. The van der Waals surface area contributed by atoms with Gasteiger partial charge in [-0.05, 0) is 13.0 Å². The Bertz CT molecular complexity index is 488. The number of ketones is 1. The summed E-state index contributed by atoms with van der Waals surface area (Å²) in [6.45, 7) is 1.22. The van der Waals surface area contributed by atoms with Crippen LogP contribution in [0.1, 0.15) is 22.8 Å². The number of esters is 1. The molecule has 0 aromatic heterocycles. The molecular formula is C11H10ClFO3S. The first-order valence-electron chi connectivity index (χ1n) is 4.66. The quantitative estimate of drug-likeness (QED) is 0.524. The fraction of sp³-hybridized carbons (Fsp3) is 0.273. The summed E-state index contributed by atoms with van der Waals surface area (Å²) < 4.78 is 18.3. The summed E-state index contributed by atoms with van der Waals surface area (Å²) in [5, 5.41) is 0.0150. The highest BCUT2D eigenvalue weighted by molar-refractivity contribution is 7.80. The van der Waals surface area contributed by atoms with Gasteiger partial charge in [-0.1, -0.05) is 11.6 Å². The van der Waals surface area contributed by atoms with E-state index in [4.69, 9.17) is 11.6 Å². The van der Waals surface area contributed by atoms with Crippen LogP contribution in [0.15, 0.2) is 11.0 Å². The molecule has 0 saturated carbocycles. The monoisotopic (exact) mass is 276 g/mol. The van der Waals surface area contributed by atoms with Crippen molar-refractivity contribution in [3.63, 3.8) is 0 Å². The zero-order valence-electron chi connectivity index (χ0n) is 9.21. The summed E-state index contributed by atoms with van der Waals surface area (Å²) >= 11 is 9.87. The second-order valence-corrected chi connectivity index (χ2v) is 4.22. The first-order chi connectivity index (χ1) is 7.88. The summed E-state index contributed by atoms with van der Waals surface area (Å²) in [7, 11) is 1.19. The smallest absolute Gasteiger partial charge is 0.310 e. The van der Waals surface area contributed by atoms with Gasteiger partial charge in [0.25, 0.3) is 0 Å². The Hall–Kier alpha value is -1.07. The third-order valence-corrected chi connectivity index (χ3v) is 3.12. The second kappa shape index (κ2) is 5.51. The predicted octanol–water partition coefficient (Wildman–Crippen LogP) is 2.69. The van der Waals surface area contributed by atoms with Gasteiger partial charge in [0.05, 0.1) is 24.1 Å². The maximum absolute atomic E-state index is 13.9. The molecule has 0 aliphatic heterocycles. The largest absolute Gasteiger partial charge is 0.469 e. The summed E-state index contributed by atoms with van der Waals surface area (Å²) in [6, 6.07) is 1.24. The number of hydrogen-bond acceptors (Lipinski definition) is 4. The number of hydrogen-bond donors (Lipinski definition) is 1. The average molecular weight is 277 g/mol. The van der Waals surface area contributed by atoms with Crippen LogP contribution in [-0.4, -0.2) is 18.9 Å². The van der Waals surface area contributed by atoms with Crippen molar-refractivity contribution >= 4 is 36.0 Å². The molecule has 17 heavy (non-hydrogen) atoms. The SMILES string of the molecule is COC(=O)Cc1c(F)c(C(C)=O)cc(S)c1Cl. The van der Waals surface area contributed by atoms with E-state index in [2.05, 4.69) is 17.4 Å². The molecule has 1 rings (SSSR count). The highest BCUT2D eigenvalue weighted by Gasteiger charge is 2.20. The Morgan fingerprint density at radius 2 is 2.12 bits per heavy atom. The number of methoxy groups -OCH3 is 1. The van der Waals surface area contributed by atoms with Crippen LogP contribution in [0.3, 0.4) is 0 Å². The molecule has 1 aromatic rings. The van der Waals surface area contributed by atoms with Gasteiger partial charge in [-0.3, -0.25) is 9.59 Å².